The largest absolute Gasteiger partial charge is 0.340 e. The summed E-state index contributed by atoms with van der Waals surface area (Å²) in [6.45, 7) is 3.63. The van der Waals surface area contributed by atoms with Gasteiger partial charge in [0.25, 0.3) is 5.91 Å². The molecule has 21 heavy (non-hydrogen) atoms. The van der Waals surface area contributed by atoms with E-state index >= 15 is 0 Å². The molecule has 1 aromatic rings. The number of rotatable bonds is 3. The maximum absolute atomic E-state index is 12.7. The van der Waals surface area contributed by atoms with E-state index < -0.39 is 6.04 Å². The van der Waals surface area contributed by atoms with Crippen LogP contribution < -0.4 is 10.6 Å². The third kappa shape index (κ3) is 2.96. The van der Waals surface area contributed by atoms with Crippen molar-refractivity contribution in [1.82, 2.24) is 15.5 Å². The molecule has 0 saturated carbocycles. The standard InChI is InChI=1S/C15H21N3O2S/c1-10(17-14(19)13-3-2-8-21-13)15(20)18-11-4-5-12(18)9-16-7-6-11/h2-3,8,10-12,16H,4-7,9H2,1H3,(H,17,19). The highest BCUT2D eigenvalue weighted by Crippen LogP contribution is 2.28. The summed E-state index contributed by atoms with van der Waals surface area (Å²) in [5.74, 6) is -0.109. The first kappa shape index (κ1) is 14.5. The highest BCUT2D eigenvalue weighted by molar-refractivity contribution is 7.12. The Balaban J connectivity index is 1.65. The van der Waals surface area contributed by atoms with Gasteiger partial charge in [-0.3, -0.25) is 9.59 Å². The van der Waals surface area contributed by atoms with Crippen molar-refractivity contribution in [1.29, 1.82) is 0 Å². The minimum atomic E-state index is -0.471. The molecule has 1 aromatic heterocycles. The van der Waals surface area contributed by atoms with Crippen LogP contribution in [0.2, 0.25) is 0 Å². The summed E-state index contributed by atoms with van der Waals surface area (Å²) in [4.78, 5) is 27.4. The van der Waals surface area contributed by atoms with Crippen LogP contribution in [0.3, 0.4) is 0 Å². The third-order valence-corrected chi connectivity index (χ3v) is 5.24. The summed E-state index contributed by atoms with van der Waals surface area (Å²) in [5, 5.41) is 8.08. The number of fused-ring (bicyclic) bond motifs is 2. The van der Waals surface area contributed by atoms with Crippen LogP contribution in [-0.2, 0) is 4.79 Å². The molecule has 3 atom stereocenters. The van der Waals surface area contributed by atoms with Gasteiger partial charge in [0.15, 0.2) is 0 Å². The van der Waals surface area contributed by atoms with Crippen molar-refractivity contribution < 1.29 is 9.59 Å². The minimum absolute atomic E-state index is 0.0520. The predicted molar refractivity (Wildman–Crippen MR) is 82.4 cm³/mol. The summed E-state index contributed by atoms with van der Waals surface area (Å²) >= 11 is 1.39. The molecule has 3 heterocycles. The molecule has 2 fully saturated rings. The number of thiophene rings is 1. The quantitative estimate of drug-likeness (QED) is 0.882. The Morgan fingerprint density at radius 1 is 1.38 bits per heavy atom. The zero-order valence-electron chi connectivity index (χ0n) is 12.2. The summed E-state index contributed by atoms with van der Waals surface area (Å²) in [6, 6.07) is 3.76. The van der Waals surface area contributed by atoms with E-state index in [1.807, 2.05) is 16.3 Å². The van der Waals surface area contributed by atoms with Gasteiger partial charge in [-0.25, -0.2) is 0 Å². The molecule has 114 valence electrons. The van der Waals surface area contributed by atoms with Gasteiger partial charge >= 0.3 is 0 Å². The second kappa shape index (κ2) is 6.15. The van der Waals surface area contributed by atoms with Crippen LogP contribution in [0.15, 0.2) is 17.5 Å². The highest BCUT2D eigenvalue weighted by Gasteiger charge is 2.39. The Morgan fingerprint density at radius 3 is 2.95 bits per heavy atom. The van der Waals surface area contributed by atoms with Gasteiger partial charge in [0.1, 0.15) is 6.04 Å². The average molecular weight is 307 g/mol. The molecule has 0 aliphatic carbocycles. The van der Waals surface area contributed by atoms with Gasteiger partial charge < -0.3 is 15.5 Å². The number of hydrogen-bond acceptors (Lipinski definition) is 4. The lowest BCUT2D eigenvalue weighted by molar-refractivity contribution is -0.135. The van der Waals surface area contributed by atoms with E-state index in [1.165, 1.54) is 11.3 Å². The van der Waals surface area contributed by atoms with Gasteiger partial charge in [0.05, 0.1) is 4.88 Å². The van der Waals surface area contributed by atoms with Crippen molar-refractivity contribution in [2.24, 2.45) is 0 Å². The van der Waals surface area contributed by atoms with Crippen molar-refractivity contribution in [3.05, 3.63) is 22.4 Å². The van der Waals surface area contributed by atoms with Crippen molar-refractivity contribution in [3.63, 3.8) is 0 Å². The number of carbonyl (C=O) groups excluding carboxylic acids is 2. The van der Waals surface area contributed by atoms with E-state index in [-0.39, 0.29) is 17.9 Å². The van der Waals surface area contributed by atoms with Gasteiger partial charge in [-0.1, -0.05) is 6.07 Å². The third-order valence-electron chi connectivity index (χ3n) is 4.37. The Hall–Kier alpha value is -1.40. The second-order valence-electron chi connectivity index (χ2n) is 5.80. The molecule has 5 nitrogen and oxygen atoms in total. The summed E-state index contributed by atoms with van der Waals surface area (Å²) < 4.78 is 0. The van der Waals surface area contributed by atoms with Crippen molar-refractivity contribution in [2.45, 2.75) is 44.3 Å². The zero-order chi connectivity index (χ0) is 14.8. The van der Waals surface area contributed by atoms with Crippen LogP contribution in [0.5, 0.6) is 0 Å². The zero-order valence-corrected chi connectivity index (χ0v) is 13.0. The molecule has 0 spiro atoms. The Kier molecular flexibility index (Phi) is 4.26. The van der Waals surface area contributed by atoms with Crippen LogP contribution in [-0.4, -0.2) is 47.9 Å². The molecule has 0 radical (unpaired) electrons. The van der Waals surface area contributed by atoms with E-state index in [4.69, 9.17) is 0 Å². The predicted octanol–water partition coefficient (Wildman–Crippen LogP) is 1.22. The fraction of sp³-hybridized carbons (Fsp3) is 0.600. The van der Waals surface area contributed by atoms with E-state index in [0.29, 0.717) is 10.9 Å². The molecule has 2 bridgehead atoms. The summed E-state index contributed by atoms with van der Waals surface area (Å²) in [7, 11) is 0. The SMILES string of the molecule is CC(NC(=O)c1cccs1)C(=O)N1C2CCNCC1CC2. The molecule has 3 rings (SSSR count). The second-order valence-corrected chi connectivity index (χ2v) is 6.74. The van der Waals surface area contributed by atoms with E-state index in [0.717, 1.165) is 32.4 Å². The van der Waals surface area contributed by atoms with Crippen molar-refractivity contribution >= 4 is 23.2 Å². The topological polar surface area (TPSA) is 61.4 Å². The Bertz CT molecular complexity index is 503. The first-order valence-corrected chi connectivity index (χ1v) is 8.42. The minimum Gasteiger partial charge on any atom is -0.340 e. The Labute approximate surface area is 128 Å². The molecular weight excluding hydrogens is 286 g/mol. The van der Waals surface area contributed by atoms with Crippen molar-refractivity contribution in [3.8, 4) is 0 Å². The molecule has 2 N–H and O–H groups in total. The van der Waals surface area contributed by atoms with E-state index in [1.54, 1.807) is 13.0 Å². The highest BCUT2D eigenvalue weighted by atomic mass is 32.1. The maximum Gasteiger partial charge on any atom is 0.261 e. The molecule has 2 aliphatic rings. The van der Waals surface area contributed by atoms with Crippen LogP contribution in [0.4, 0.5) is 0 Å². The first-order chi connectivity index (χ1) is 10.2. The molecule has 0 aromatic carbocycles. The lowest BCUT2D eigenvalue weighted by Gasteiger charge is -2.30. The van der Waals surface area contributed by atoms with Crippen LogP contribution in [0, 0.1) is 0 Å². The van der Waals surface area contributed by atoms with Gasteiger partial charge in [-0.2, -0.15) is 0 Å². The maximum atomic E-state index is 12.7. The van der Waals surface area contributed by atoms with Gasteiger partial charge in [-0.15, -0.1) is 11.3 Å². The number of carbonyl (C=O) groups is 2. The van der Waals surface area contributed by atoms with E-state index in [9.17, 15) is 9.59 Å². The normalized spacial score (nSPS) is 26.2. The summed E-state index contributed by atoms with van der Waals surface area (Å²) in [5.41, 5.74) is 0. The summed E-state index contributed by atoms with van der Waals surface area (Å²) in [6.07, 6.45) is 3.16. The van der Waals surface area contributed by atoms with Crippen LogP contribution >= 0.6 is 11.3 Å². The lowest BCUT2D eigenvalue weighted by Crippen LogP contribution is -2.51. The number of nitrogens with zero attached hydrogens (tertiary/aromatic N) is 1. The molecule has 2 saturated heterocycles. The fourth-order valence-corrected chi connectivity index (χ4v) is 3.93. The van der Waals surface area contributed by atoms with Gasteiger partial charge in [-0.05, 0) is 44.2 Å². The average Bonchev–Trinajstić information content (AvgIpc) is 3.05. The fourth-order valence-electron chi connectivity index (χ4n) is 3.30. The Morgan fingerprint density at radius 2 is 2.19 bits per heavy atom. The molecule has 6 heteroatoms. The molecule has 2 aliphatic heterocycles. The molecule has 3 unspecified atom stereocenters. The van der Waals surface area contributed by atoms with E-state index in [2.05, 4.69) is 10.6 Å². The van der Waals surface area contributed by atoms with Crippen LogP contribution in [0.25, 0.3) is 0 Å². The smallest absolute Gasteiger partial charge is 0.261 e. The first-order valence-electron chi connectivity index (χ1n) is 7.54. The number of hydrogen-bond donors (Lipinski definition) is 2. The van der Waals surface area contributed by atoms with Gasteiger partial charge in [0, 0.05) is 18.6 Å². The number of amides is 2. The lowest BCUT2D eigenvalue weighted by atomic mass is 10.1. The van der Waals surface area contributed by atoms with Crippen LogP contribution in [0.1, 0.15) is 35.9 Å². The van der Waals surface area contributed by atoms with Crippen molar-refractivity contribution in [2.75, 3.05) is 13.1 Å². The van der Waals surface area contributed by atoms with Gasteiger partial charge in [0.2, 0.25) is 5.91 Å². The monoisotopic (exact) mass is 307 g/mol. The number of nitrogens with one attached hydrogen (secondary N) is 2. The molecular formula is C15H21N3O2S. The molecule has 2 amide bonds.